The van der Waals surface area contributed by atoms with Gasteiger partial charge in [-0.15, -0.1) is 0 Å². The van der Waals surface area contributed by atoms with Crippen molar-refractivity contribution < 1.29 is 26.4 Å². The number of alkyl halides is 3. The summed E-state index contributed by atoms with van der Waals surface area (Å²) in [5.41, 5.74) is -0.212. The van der Waals surface area contributed by atoms with E-state index in [9.17, 15) is 26.4 Å². The topological polar surface area (TPSA) is 68.2 Å². The summed E-state index contributed by atoms with van der Waals surface area (Å²) in [5, 5.41) is 2.66. The van der Waals surface area contributed by atoms with Gasteiger partial charge in [-0.05, 0) is 33.3 Å². The zero-order valence-corrected chi connectivity index (χ0v) is 13.9. The first-order chi connectivity index (χ1) is 10.3. The molecule has 1 aromatic heterocycles. The molecule has 1 amide bonds. The van der Waals surface area contributed by atoms with Gasteiger partial charge in [-0.2, -0.15) is 13.2 Å². The van der Waals surface area contributed by atoms with E-state index < -0.39 is 34.0 Å². The second-order valence-electron chi connectivity index (χ2n) is 6.34. The van der Waals surface area contributed by atoms with Crippen molar-refractivity contribution in [2.24, 2.45) is 0 Å². The highest BCUT2D eigenvalue weighted by atomic mass is 32.2. The van der Waals surface area contributed by atoms with Gasteiger partial charge in [0.15, 0.2) is 9.84 Å². The van der Waals surface area contributed by atoms with Crippen LogP contribution in [0.15, 0.2) is 6.07 Å². The van der Waals surface area contributed by atoms with Crippen molar-refractivity contribution in [1.82, 2.24) is 9.88 Å². The first-order valence-corrected chi connectivity index (χ1v) is 8.90. The van der Waals surface area contributed by atoms with Crippen LogP contribution in [0, 0.1) is 13.8 Å². The highest BCUT2D eigenvalue weighted by Crippen LogP contribution is 2.26. The average molecular weight is 352 g/mol. The van der Waals surface area contributed by atoms with Crippen molar-refractivity contribution in [3.63, 3.8) is 0 Å². The summed E-state index contributed by atoms with van der Waals surface area (Å²) >= 11 is 0. The summed E-state index contributed by atoms with van der Waals surface area (Å²) in [6, 6.07) is 1.39. The molecule has 1 aliphatic rings. The SMILES string of the molecule is Cc1cc(C(=O)N[C@]2(C)CCS(=O)(=O)C2)c(C)n1CC(F)(F)F. The fourth-order valence-corrected chi connectivity index (χ4v) is 5.00. The first-order valence-electron chi connectivity index (χ1n) is 7.08. The third kappa shape index (κ3) is 4.07. The van der Waals surface area contributed by atoms with Crippen LogP contribution >= 0.6 is 0 Å². The number of carbonyl (C=O) groups is 1. The molecular weight excluding hydrogens is 333 g/mol. The van der Waals surface area contributed by atoms with E-state index in [1.807, 2.05) is 0 Å². The number of sulfone groups is 1. The predicted octanol–water partition coefficient (Wildman–Crippen LogP) is 1.97. The molecule has 0 radical (unpaired) electrons. The Kier molecular flexibility index (Phi) is 4.29. The Bertz CT molecular complexity index is 737. The fourth-order valence-electron chi connectivity index (χ4n) is 2.90. The van der Waals surface area contributed by atoms with Crippen LogP contribution in [-0.4, -0.2) is 42.1 Å². The van der Waals surface area contributed by atoms with Gasteiger partial charge in [0, 0.05) is 11.4 Å². The molecule has 23 heavy (non-hydrogen) atoms. The molecular formula is C14H19F3N2O3S. The van der Waals surface area contributed by atoms with E-state index >= 15 is 0 Å². The van der Waals surface area contributed by atoms with Gasteiger partial charge in [0.2, 0.25) is 0 Å². The number of nitrogens with one attached hydrogen (secondary N) is 1. The standard InChI is InChI=1S/C14H19F3N2O3S/c1-9-6-11(10(2)19(9)7-14(15,16)17)12(20)18-13(3)4-5-23(21,22)8-13/h6H,4-5,7-8H2,1-3H3,(H,18,20)/t13-/m1/s1. The van der Waals surface area contributed by atoms with Crippen molar-refractivity contribution >= 4 is 15.7 Å². The van der Waals surface area contributed by atoms with E-state index in [2.05, 4.69) is 5.32 Å². The number of hydrogen-bond acceptors (Lipinski definition) is 3. The lowest BCUT2D eigenvalue weighted by molar-refractivity contribution is -0.141. The molecule has 5 nitrogen and oxygen atoms in total. The number of aromatic nitrogens is 1. The summed E-state index contributed by atoms with van der Waals surface area (Å²) in [4.78, 5) is 12.4. The van der Waals surface area contributed by atoms with Crippen LogP contribution in [0.3, 0.4) is 0 Å². The normalized spacial score (nSPS) is 23.9. The monoisotopic (exact) mass is 352 g/mol. The van der Waals surface area contributed by atoms with Gasteiger partial charge in [0.05, 0.1) is 22.6 Å². The minimum Gasteiger partial charge on any atom is -0.346 e. The minimum absolute atomic E-state index is 0.00310. The fraction of sp³-hybridized carbons (Fsp3) is 0.643. The van der Waals surface area contributed by atoms with E-state index in [-0.39, 0.29) is 22.8 Å². The zero-order valence-electron chi connectivity index (χ0n) is 13.1. The summed E-state index contributed by atoms with van der Waals surface area (Å²) < 4.78 is 62.0. The Morgan fingerprint density at radius 1 is 1.39 bits per heavy atom. The Labute approximate surface area is 132 Å². The molecule has 2 rings (SSSR count). The highest BCUT2D eigenvalue weighted by molar-refractivity contribution is 7.91. The number of hydrogen-bond donors (Lipinski definition) is 1. The maximum atomic E-state index is 12.6. The van der Waals surface area contributed by atoms with Crippen molar-refractivity contribution in [2.75, 3.05) is 11.5 Å². The Hall–Kier alpha value is -1.51. The summed E-state index contributed by atoms with van der Waals surface area (Å²) in [7, 11) is -3.19. The van der Waals surface area contributed by atoms with Crippen LogP contribution in [0.25, 0.3) is 0 Å². The van der Waals surface area contributed by atoms with Crippen LogP contribution in [0.5, 0.6) is 0 Å². The van der Waals surface area contributed by atoms with Crippen LogP contribution < -0.4 is 5.32 Å². The quantitative estimate of drug-likeness (QED) is 0.904. The third-order valence-electron chi connectivity index (χ3n) is 4.07. The van der Waals surface area contributed by atoms with E-state index in [4.69, 9.17) is 0 Å². The van der Waals surface area contributed by atoms with Crippen molar-refractivity contribution in [2.45, 2.75) is 45.5 Å². The molecule has 0 spiro atoms. The molecule has 0 saturated carbocycles. The third-order valence-corrected chi connectivity index (χ3v) is 5.98. The Balaban J connectivity index is 2.23. The van der Waals surface area contributed by atoms with Crippen molar-refractivity contribution in [3.05, 3.63) is 23.0 Å². The van der Waals surface area contributed by atoms with Gasteiger partial charge in [-0.25, -0.2) is 8.42 Å². The van der Waals surface area contributed by atoms with E-state index in [1.54, 1.807) is 6.92 Å². The van der Waals surface area contributed by atoms with E-state index in [1.165, 1.54) is 19.9 Å². The average Bonchev–Trinajstić information content (AvgIpc) is 2.78. The number of halogens is 3. The van der Waals surface area contributed by atoms with Crippen molar-refractivity contribution in [1.29, 1.82) is 0 Å². The summed E-state index contributed by atoms with van der Waals surface area (Å²) in [6.07, 6.45) is -4.09. The van der Waals surface area contributed by atoms with Gasteiger partial charge >= 0.3 is 6.18 Å². The lowest BCUT2D eigenvalue weighted by Gasteiger charge is -2.24. The lowest BCUT2D eigenvalue weighted by atomic mass is 10.0. The molecule has 1 aliphatic heterocycles. The Morgan fingerprint density at radius 3 is 2.48 bits per heavy atom. The molecule has 9 heteroatoms. The van der Waals surface area contributed by atoms with E-state index in [0.29, 0.717) is 12.1 Å². The molecule has 1 saturated heterocycles. The maximum Gasteiger partial charge on any atom is 0.406 e. The van der Waals surface area contributed by atoms with Crippen LogP contribution in [0.2, 0.25) is 0 Å². The molecule has 1 fully saturated rings. The molecule has 1 aromatic rings. The molecule has 0 unspecified atom stereocenters. The van der Waals surface area contributed by atoms with Crippen LogP contribution in [-0.2, 0) is 16.4 Å². The van der Waals surface area contributed by atoms with Gasteiger partial charge in [-0.1, -0.05) is 0 Å². The van der Waals surface area contributed by atoms with Crippen molar-refractivity contribution in [3.8, 4) is 0 Å². The number of rotatable bonds is 3. The van der Waals surface area contributed by atoms with Gasteiger partial charge in [0.25, 0.3) is 5.91 Å². The first kappa shape index (κ1) is 17.8. The van der Waals surface area contributed by atoms with Crippen LogP contribution in [0.1, 0.15) is 35.1 Å². The van der Waals surface area contributed by atoms with E-state index in [0.717, 1.165) is 4.57 Å². The largest absolute Gasteiger partial charge is 0.406 e. The molecule has 1 atom stereocenters. The second-order valence-corrected chi connectivity index (χ2v) is 8.53. The highest BCUT2D eigenvalue weighted by Gasteiger charge is 2.40. The number of amides is 1. The second kappa shape index (κ2) is 5.54. The smallest absolute Gasteiger partial charge is 0.346 e. The molecule has 0 bridgehead atoms. The number of nitrogens with zero attached hydrogens (tertiary/aromatic N) is 1. The molecule has 130 valence electrons. The molecule has 0 aliphatic carbocycles. The van der Waals surface area contributed by atoms with Gasteiger partial charge < -0.3 is 9.88 Å². The van der Waals surface area contributed by atoms with Crippen LogP contribution in [0.4, 0.5) is 13.2 Å². The summed E-state index contributed by atoms with van der Waals surface area (Å²) in [5.74, 6) is -0.713. The maximum absolute atomic E-state index is 12.6. The predicted molar refractivity (Wildman–Crippen MR) is 79.1 cm³/mol. The molecule has 0 aromatic carbocycles. The molecule has 2 heterocycles. The Morgan fingerprint density at radius 2 is 2.00 bits per heavy atom. The minimum atomic E-state index is -4.38. The summed E-state index contributed by atoms with van der Waals surface area (Å²) in [6.45, 7) is 3.41. The lowest BCUT2D eigenvalue weighted by Crippen LogP contribution is -2.47. The van der Waals surface area contributed by atoms with Gasteiger partial charge in [0.1, 0.15) is 6.54 Å². The molecule has 1 N–H and O–H groups in total. The number of carbonyl (C=O) groups excluding carboxylic acids is 1. The van der Waals surface area contributed by atoms with Gasteiger partial charge in [-0.3, -0.25) is 4.79 Å². The number of aryl methyl sites for hydroxylation is 1. The zero-order chi connectivity index (χ0) is 17.6.